The SMILES string of the molecule is O=[N+]([O-])c1cc(Br)c(-n2c3ccccc3c3cc(-c4ccccc4)ccc32)c(Br)c1. The van der Waals surface area contributed by atoms with Gasteiger partial charge in [-0.15, -0.1) is 0 Å². The van der Waals surface area contributed by atoms with Crippen LogP contribution >= 0.6 is 31.9 Å². The van der Waals surface area contributed by atoms with E-state index in [0.29, 0.717) is 8.95 Å². The highest BCUT2D eigenvalue weighted by Gasteiger charge is 2.20. The van der Waals surface area contributed by atoms with Crippen LogP contribution in [-0.2, 0) is 0 Å². The number of nitro groups is 1. The van der Waals surface area contributed by atoms with Crippen LogP contribution in [0.4, 0.5) is 5.69 Å². The van der Waals surface area contributed by atoms with Crippen LogP contribution in [0, 0.1) is 10.1 Å². The molecule has 1 heterocycles. The highest BCUT2D eigenvalue weighted by Crippen LogP contribution is 2.40. The molecule has 0 N–H and O–H groups in total. The summed E-state index contributed by atoms with van der Waals surface area (Å²) in [6.45, 7) is 0. The average Bonchev–Trinajstić information content (AvgIpc) is 3.08. The van der Waals surface area contributed by atoms with E-state index in [-0.39, 0.29) is 5.69 Å². The molecule has 0 amide bonds. The zero-order valence-electron chi connectivity index (χ0n) is 15.5. The van der Waals surface area contributed by atoms with Gasteiger partial charge in [0.2, 0.25) is 0 Å². The second-order valence-corrected chi connectivity index (χ2v) is 8.67. The summed E-state index contributed by atoms with van der Waals surface area (Å²) in [5.41, 5.74) is 5.24. The second kappa shape index (κ2) is 7.38. The number of nitrogens with zero attached hydrogens (tertiary/aromatic N) is 2. The normalized spacial score (nSPS) is 11.3. The van der Waals surface area contributed by atoms with Gasteiger partial charge in [-0.2, -0.15) is 0 Å². The number of nitro benzene ring substituents is 1. The Morgan fingerprint density at radius 2 is 1.33 bits per heavy atom. The monoisotopic (exact) mass is 520 g/mol. The van der Waals surface area contributed by atoms with Crippen LogP contribution in [0.3, 0.4) is 0 Å². The average molecular weight is 522 g/mol. The molecule has 0 saturated carbocycles. The number of hydrogen-bond donors (Lipinski definition) is 0. The highest BCUT2D eigenvalue weighted by atomic mass is 79.9. The number of para-hydroxylation sites is 1. The number of rotatable bonds is 3. The van der Waals surface area contributed by atoms with Crippen molar-refractivity contribution in [3.8, 4) is 16.8 Å². The first-order valence-electron chi connectivity index (χ1n) is 9.27. The maximum absolute atomic E-state index is 11.3. The molecule has 30 heavy (non-hydrogen) atoms. The molecule has 4 nitrogen and oxygen atoms in total. The number of fused-ring (bicyclic) bond motifs is 3. The van der Waals surface area contributed by atoms with Crippen molar-refractivity contribution < 1.29 is 4.92 Å². The predicted molar refractivity (Wildman–Crippen MR) is 128 cm³/mol. The topological polar surface area (TPSA) is 48.1 Å². The van der Waals surface area contributed by atoms with Gasteiger partial charge in [0.1, 0.15) is 0 Å². The molecule has 0 aliphatic heterocycles. The van der Waals surface area contributed by atoms with Gasteiger partial charge in [0.15, 0.2) is 0 Å². The van der Waals surface area contributed by atoms with E-state index in [4.69, 9.17) is 0 Å². The lowest BCUT2D eigenvalue weighted by atomic mass is 10.0. The van der Waals surface area contributed by atoms with E-state index in [1.807, 2.05) is 30.3 Å². The Bertz CT molecular complexity index is 1420. The smallest absolute Gasteiger partial charge is 0.271 e. The minimum absolute atomic E-state index is 0.0321. The Morgan fingerprint density at radius 3 is 2.03 bits per heavy atom. The first-order chi connectivity index (χ1) is 14.5. The van der Waals surface area contributed by atoms with Crippen molar-refractivity contribution in [2.24, 2.45) is 0 Å². The number of hydrogen-bond acceptors (Lipinski definition) is 2. The number of halogens is 2. The van der Waals surface area contributed by atoms with Crippen molar-refractivity contribution >= 4 is 59.4 Å². The van der Waals surface area contributed by atoms with Gasteiger partial charge in [0, 0.05) is 31.9 Å². The molecule has 0 radical (unpaired) electrons. The lowest BCUT2D eigenvalue weighted by Crippen LogP contribution is -1.98. The zero-order chi connectivity index (χ0) is 20.8. The van der Waals surface area contributed by atoms with Gasteiger partial charge in [-0.05, 0) is 61.2 Å². The van der Waals surface area contributed by atoms with Crippen molar-refractivity contribution in [3.05, 3.63) is 104 Å². The van der Waals surface area contributed by atoms with E-state index in [1.165, 1.54) is 0 Å². The molecule has 0 atom stereocenters. The Morgan fingerprint density at radius 1 is 0.700 bits per heavy atom. The zero-order valence-corrected chi connectivity index (χ0v) is 18.7. The van der Waals surface area contributed by atoms with Crippen molar-refractivity contribution in [2.75, 3.05) is 0 Å². The van der Waals surface area contributed by atoms with Crippen molar-refractivity contribution in [2.45, 2.75) is 0 Å². The largest absolute Gasteiger partial charge is 0.307 e. The van der Waals surface area contributed by atoms with Crippen LogP contribution in [0.2, 0.25) is 0 Å². The van der Waals surface area contributed by atoms with E-state index >= 15 is 0 Å². The fraction of sp³-hybridized carbons (Fsp3) is 0. The third-order valence-electron chi connectivity index (χ3n) is 5.22. The fourth-order valence-electron chi connectivity index (χ4n) is 3.90. The third kappa shape index (κ3) is 3.04. The molecule has 0 saturated heterocycles. The Kier molecular flexibility index (Phi) is 4.68. The first kappa shape index (κ1) is 19.0. The van der Waals surface area contributed by atoms with Crippen LogP contribution in [0.1, 0.15) is 0 Å². The highest BCUT2D eigenvalue weighted by molar-refractivity contribution is 9.11. The van der Waals surface area contributed by atoms with Crippen LogP contribution in [0.15, 0.2) is 93.9 Å². The summed E-state index contributed by atoms with van der Waals surface area (Å²) < 4.78 is 3.44. The lowest BCUT2D eigenvalue weighted by Gasteiger charge is -2.13. The maximum Gasteiger partial charge on any atom is 0.271 e. The summed E-state index contributed by atoms with van der Waals surface area (Å²) in [6.07, 6.45) is 0. The molecule has 0 unspecified atom stereocenters. The quantitative estimate of drug-likeness (QED) is 0.179. The van der Waals surface area contributed by atoms with Gasteiger partial charge in [0.05, 0.1) is 21.6 Å². The Balaban J connectivity index is 1.84. The van der Waals surface area contributed by atoms with Crippen molar-refractivity contribution in [3.63, 3.8) is 0 Å². The maximum atomic E-state index is 11.3. The molecule has 0 fully saturated rings. The van der Waals surface area contributed by atoms with Crippen LogP contribution in [0.25, 0.3) is 38.6 Å². The third-order valence-corrected chi connectivity index (χ3v) is 6.42. The molecule has 6 heteroatoms. The van der Waals surface area contributed by atoms with Gasteiger partial charge in [-0.1, -0.05) is 54.6 Å². The van der Waals surface area contributed by atoms with Crippen molar-refractivity contribution in [1.82, 2.24) is 4.57 Å². The standard InChI is InChI=1S/C24H14Br2N2O2/c25-20-13-17(28(29)30)14-21(26)24(20)27-22-9-5-4-8-18(22)19-12-16(10-11-23(19)27)15-6-2-1-3-7-15/h1-14H. The van der Waals surface area contributed by atoms with Crippen LogP contribution in [0.5, 0.6) is 0 Å². The molecule has 1 aromatic heterocycles. The summed E-state index contributed by atoms with van der Waals surface area (Å²) in [5.74, 6) is 0. The molecule has 0 spiro atoms. The molecule has 5 aromatic rings. The number of benzene rings is 4. The summed E-state index contributed by atoms with van der Waals surface area (Å²) >= 11 is 7.11. The number of aromatic nitrogens is 1. The number of non-ortho nitro benzene ring substituents is 1. The molecule has 0 bridgehead atoms. The summed E-state index contributed by atoms with van der Waals surface area (Å²) in [4.78, 5) is 10.9. The van der Waals surface area contributed by atoms with E-state index in [9.17, 15) is 10.1 Å². The molecule has 5 rings (SSSR count). The van der Waals surface area contributed by atoms with Crippen molar-refractivity contribution in [1.29, 1.82) is 0 Å². The molecule has 4 aromatic carbocycles. The van der Waals surface area contributed by atoms with Crippen LogP contribution < -0.4 is 0 Å². The molecular weight excluding hydrogens is 508 g/mol. The van der Waals surface area contributed by atoms with E-state index in [1.54, 1.807) is 12.1 Å². The predicted octanol–water partition coefficient (Wildman–Crippen LogP) is 7.88. The first-order valence-corrected chi connectivity index (χ1v) is 10.9. The lowest BCUT2D eigenvalue weighted by molar-refractivity contribution is -0.385. The van der Waals surface area contributed by atoms with Gasteiger partial charge in [-0.25, -0.2) is 0 Å². The Labute approximate surface area is 189 Å². The second-order valence-electron chi connectivity index (χ2n) is 6.97. The molecular formula is C24H14Br2N2O2. The minimum atomic E-state index is -0.392. The van der Waals surface area contributed by atoms with E-state index in [2.05, 4.69) is 78.9 Å². The summed E-state index contributed by atoms with van der Waals surface area (Å²) in [6, 6.07) is 28.0. The molecule has 146 valence electrons. The van der Waals surface area contributed by atoms with E-state index in [0.717, 1.165) is 38.6 Å². The van der Waals surface area contributed by atoms with Crippen LogP contribution in [-0.4, -0.2) is 9.49 Å². The van der Waals surface area contributed by atoms with Gasteiger partial charge in [0.25, 0.3) is 5.69 Å². The molecule has 0 aliphatic rings. The van der Waals surface area contributed by atoms with Gasteiger partial charge >= 0.3 is 0 Å². The summed E-state index contributed by atoms with van der Waals surface area (Å²) in [5, 5.41) is 13.5. The Hall–Kier alpha value is -2.96. The minimum Gasteiger partial charge on any atom is -0.307 e. The van der Waals surface area contributed by atoms with Gasteiger partial charge in [-0.3, -0.25) is 10.1 Å². The fourth-order valence-corrected chi connectivity index (χ4v) is 5.41. The van der Waals surface area contributed by atoms with Gasteiger partial charge < -0.3 is 4.57 Å². The summed E-state index contributed by atoms with van der Waals surface area (Å²) in [7, 11) is 0. The van der Waals surface area contributed by atoms with E-state index < -0.39 is 4.92 Å². The molecule has 0 aliphatic carbocycles.